The van der Waals surface area contributed by atoms with Crippen LogP contribution in [0.5, 0.6) is 11.5 Å². The summed E-state index contributed by atoms with van der Waals surface area (Å²) in [6.45, 7) is 0.148. The molecule has 4 aromatic carbocycles. The molecule has 0 aliphatic heterocycles. The molecule has 2 amide bonds. The third-order valence-electron chi connectivity index (χ3n) is 6.60. The quantitative estimate of drug-likeness (QED) is 0.217. The topological polar surface area (TPSA) is 67.9 Å². The van der Waals surface area contributed by atoms with Crippen LogP contribution in [0.1, 0.15) is 16.7 Å². The third-order valence-corrected chi connectivity index (χ3v) is 6.91. The molecule has 4 aromatic rings. The second-order valence-corrected chi connectivity index (χ2v) is 9.87. The molecular formula is C33H32ClFN2O4. The number of nitrogens with one attached hydrogen (secondary N) is 1. The van der Waals surface area contributed by atoms with E-state index in [1.807, 2.05) is 54.6 Å². The summed E-state index contributed by atoms with van der Waals surface area (Å²) in [5.74, 6) is 0.0457. The maximum absolute atomic E-state index is 13.7. The number of halogens is 2. The van der Waals surface area contributed by atoms with E-state index >= 15 is 0 Å². The first-order valence-electron chi connectivity index (χ1n) is 13.3. The first-order chi connectivity index (χ1) is 19.9. The monoisotopic (exact) mass is 574 g/mol. The highest BCUT2D eigenvalue weighted by atomic mass is 35.5. The molecule has 1 unspecified atom stereocenters. The van der Waals surface area contributed by atoms with Gasteiger partial charge in [0, 0.05) is 19.5 Å². The fraction of sp³-hybridized carbons (Fsp3) is 0.212. The van der Waals surface area contributed by atoms with Crippen LogP contribution in [0.3, 0.4) is 0 Å². The highest BCUT2D eigenvalue weighted by molar-refractivity contribution is 6.32. The Hall–Kier alpha value is -4.36. The van der Waals surface area contributed by atoms with Crippen LogP contribution in [0, 0.1) is 5.82 Å². The highest BCUT2D eigenvalue weighted by Crippen LogP contribution is 2.23. The summed E-state index contributed by atoms with van der Waals surface area (Å²) in [5.41, 5.74) is 2.62. The van der Waals surface area contributed by atoms with Crippen LogP contribution in [-0.2, 0) is 29.0 Å². The van der Waals surface area contributed by atoms with Crippen molar-refractivity contribution in [1.82, 2.24) is 10.2 Å². The van der Waals surface area contributed by atoms with Crippen molar-refractivity contribution < 1.29 is 23.5 Å². The minimum Gasteiger partial charge on any atom is -0.497 e. The standard InChI is InChI=1S/C33H32ClFN2O4/c1-40-28-17-13-24(14-18-28)19-20-36-33(39)30(21-25-7-3-2-4-8-25)37(22-26-11-15-27(35)16-12-26)32(38)23-41-31-10-6-5-9-29(31)34/h2-18,30H,19-23H2,1H3,(H,36,39). The van der Waals surface area contributed by atoms with E-state index in [1.165, 1.54) is 17.0 Å². The van der Waals surface area contributed by atoms with E-state index in [9.17, 15) is 14.0 Å². The molecule has 1 atom stereocenters. The Bertz CT molecular complexity index is 1420. The van der Waals surface area contributed by atoms with Crippen LogP contribution < -0.4 is 14.8 Å². The average molecular weight is 575 g/mol. The minimum absolute atomic E-state index is 0.0917. The van der Waals surface area contributed by atoms with Crippen LogP contribution in [0.4, 0.5) is 4.39 Å². The molecule has 0 saturated carbocycles. The van der Waals surface area contributed by atoms with Crippen molar-refractivity contribution in [2.75, 3.05) is 20.3 Å². The molecule has 0 fully saturated rings. The summed E-state index contributed by atoms with van der Waals surface area (Å²) >= 11 is 6.22. The number of carbonyl (C=O) groups is 2. The van der Waals surface area contributed by atoms with Gasteiger partial charge in [0.05, 0.1) is 12.1 Å². The first kappa shape index (κ1) is 29.6. The highest BCUT2D eigenvalue weighted by Gasteiger charge is 2.30. The number of para-hydroxylation sites is 1. The Balaban J connectivity index is 1.56. The van der Waals surface area contributed by atoms with E-state index in [-0.39, 0.29) is 31.3 Å². The Morgan fingerprint density at radius 3 is 2.20 bits per heavy atom. The number of benzene rings is 4. The Labute approximate surface area is 244 Å². The number of methoxy groups -OCH3 is 1. The molecule has 0 radical (unpaired) electrons. The lowest BCUT2D eigenvalue weighted by molar-refractivity contribution is -0.142. The maximum atomic E-state index is 13.7. The van der Waals surface area contributed by atoms with Crippen LogP contribution in [0.2, 0.25) is 5.02 Å². The van der Waals surface area contributed by atoms with E-state index in [0.29, 0.717) is 29.3 Å². The lowest BCUT2D eigenvalue weighted by Crippen LogP contribution is -2.52. The van der Waals surface area contributed by atoms with Gasteiger partial charge in [-0.3, -0.25) is 9.59 Å². The molecule has 0 saturated heterocycles. The predicted molar refractivity (Wildman–Crippen MR) is 158 cm³/mol. The Kier molecular flexibility index (Phi) is 10.7. The molecule has 41 heavy (non-hydrogen) atoms. The van der Waals surface area contributed by atoms with Crippen LogP contribution in [0.15, 0.2) is 103 Å². The van der Waals surface area contributed by atoms with Gasteiger partial charge in [0.1, 0.15) is 23.4 Å². The van der Waals surface area contributed by atoms with Crippen LogP contribution in [0.25, 0.3) is 0 Å². The van der Waals surface area contributed by atoms with Crippen molar-refractivity contribution in [3.63, 3.8) is 0 Å². The fourth-order valence-electron chi connectivity index (χ4n) is 4.36. The number of hydrogen-bond donors (Lipinski definition) is 1. The maximum Gasteiger partial charge on any atom is 0.261 e. The van der Waals surface area contributed by atoms with Gasteiger partial charge in [0.15, 0.2) is 6.61 Å². The first-order valence-corrected chi connectivity index (χ1v) is 13.7. The number of carbonyl (C=O) groups excluding carboxylic acids is 2. The SMILES string of the molecule is COc1ccc(CCNC(=O)C(Cc2ccccc2)N(Cc2ccc(F)cc2)C(=O)COc2ccccc2Cl)cc1. The molecular weight excluding hydrogens is 543 g/mol. The molecule has 0 aromatic heterocycles. The normalized spacial score (nSPS) is 11.4. The molecule has 1 N–H and O–H groups in total. The molecule has 0 aliphatic carbocycles. The fourth-order valence-corrected chi connectivity index (χ4v) is 4.56. The zero-order valence-electron chi connectivity index (χ0n) is 22.8. The number of nitrogens with zero attached hydrogens (tertiary/aromatic N) is 1. The van der Waals surface area contributed by atoms with Crippen molar-refractivity contribution in [2.24, 2.45) is 0 Å². The molecule has 0 aliphatic rings. The number of hydrogen-bond acceptors (Lipinski definition) is 4. The van der Waals surface area contributed by atoms with Crippen molar-refractivity contribution in [1.29, 1.82) is 0 Å². The number of rotatable bonds is 13. The van der Waals surface area contributed by atoms with Crippen molar-refractivity contribution >= 4 is 23.4 Å². The number of ether oxygens (including phenoxy) is 2. The van der Waals surface area contributed by atoms with Gasteiger partial charge in [0.2, 0.25) is 5.91 Å². The summed E-state index contributed by atoms with van der Waals surface area (Å²) in [6.07, 6.45) is 0.892. The van der Waals surface area contributed by atoms with Gasteiger partial charge in [0.25, 0.3) is 5.91 Å². The molecule has 8 heteroatoms. The summed E-state index contributed by atoms with van der Waals surface area (Å²) in [7, 11) is 1.61. The smallest absolute Gasteiger partial charge is 0.261 e. The third kappa shape index (κ3) is 8.82. The van der Waals surface area contributed by atoms with E-state index in [1.54, 1.807) is 43.5 Å². The Morgan fingerprint density at radius 2 is 1.51 bits per heavy atom. The van der Waals surface area contributed by atoms with Gasteiger partial charge < -0.3 is 19.7 Å². The molecule has 4 rings (SSSR count). The van der Waals surface area contributed by atoms with Crippen molar-refractivity contribution in [2.45, 2.75) is 25.4 Å². The summed E-state index contributed by atoms with van der Waals surface area (Å²) in [6, 6.07) is 29.0. The zero-order chi connectivity index (χ0) is 29.0. The summed E-state index contributed by atoms with van der Waals surface area (Å²) < 4.78 is 24.6. The summed E-state index contributed by atoms with van der Waals surface area (Å²) in [5, 5.41) is 3.38. The molecule has 212 valence electrons. The number of amides is 2. The van der Waals surface area contributed by atoms with Crippen LogP contribution >= 0.6 is 11.6 Å². The predicted octanol–water partition coefficient (Wildman–Crippen LogP) is 5.87. The second kappa shape index (κ2) is 14.9. The van der Waals surface area contributed by atoms with Gasteiger partial charge in [-0.15, -0.1) is 0 Å². The van der Waals surface area contributed by atoms with Gasteiger partial charge in [-0.1, -0.05) is 78.3 Å². The minimum atomic E-state index is -0.847. The Morgan fingerprint density at radius 1 is 0.854 bits per heavy atom. The molecule has 6 nitrogen and oxygen atoms in total. The van der Waals surface area contributed by atoms with Crippen molar-refractivity contribution in [3.05, 3.63) is 131 Å². The van der Waals surface area contributed by atoms with Gasteiger partial charge >= 0.3 is 0 Å². The second-order valence-electron chi connectivity index (χ2n) is 9.46. The lowest BCUT2D eigenvalue weighted by Gasteiger charge is -2.31. The van der Waals surface area contributed by atoms with E-state index in [2.05, 4.69) is 5.32 Å². The van der Waals surface area contributed by atoms with E-state index in [0.717, 1.165) is 16.9 Å². The van der Waals surface area contributed by atoms with Gasteiger partial charge in [-0.05, 0) is 59.5 Å². The molecule has 0 heterocycles. The lowest BCUT2D eigenvalue weighted by atomic mass is 10.0. The van der Waals surface area contributed by atoms with E-state index < -0.39 is 11.9 Å². The van der Waals surface area contributed by atoms with Crippen LogP contribution in [-0.4, -0.2) is 43.0 Å². The molecule has 0 spiro atoms. The zero-order valence-corrected chi connectivity index (χ0v) is 23.5. The van der Waals surface area contributed by atoms with Crippen molar-refractivity contribution in [3.8, 4) is 11.5 Å². The average Bonchev–Trinajstić information content (AvgIpc) is 3.00. The van der Waals surface area contributed by atoms with Gasteiger partial charge in [-0.2, -0.15) is 0 Å². The van der Waals surface area contributed by atoms with Gasteiger partial charge in [-0.25, -0.2) is 4.39 Å². The molecule has 0 bridgehead atoms. The van der Waals surface area contributed by atoms with E-state index in [4.69, 9.17) is 21.1 Å². The summed E-state index contributed by atoms with van der Waals surface area (Å²) in [4.78, 5) is 28.9. The largest absolute Gasteiger partial charge is 0.497 e.